The van der Waals surface area contributed by atoms with Crippen LogP contribution in [0.25, 0.3) is 11.3 Å². The van der Waals surface area contributed by atoms with Crippen LogP contribution in [0, 0.1) is 0 Å². The van der Waals surface area contributed by atoms with Gasteiger partial charge in [-0.05, 0) is 50.4 Å². The number of aryl methyl sites for hydroxylation is 1. The standard InChI is InChI=1S/C18H25N3/c1-3-6-18-19-13-17(20-18)16-9-7-15(8-10-16)14(2)21-11-4-5-12-21/h7-10,13-14H,3-6,11-12H2,1-2H3,(H,19,20). The van der Waals surface area contributed by atoms with Gasteiger partial charge in [0.15, 0.2) is 0 Å². The maximum atomic E-state index is 4.44. The van der Waals surface area contributed by atoms with Gasteiger partial charge in [-0.15, -0.1) is 0 Å². The fraction of sp³-hybridized carbons (Fsp3) is 0.500. The third-order valence-corrected chi connectivity index (χ3v) is 4.51. The van der Waals surface area contributed by atoms with Crippen LogP contribution >= 0.6 is 0 Å². The van der Waals surface area contributed by atoms with Crippen LogP contribution < -0.4 is 0 Å². The van der Waals surface area contributed by atoms with Crippen molar-refractivity contribution in [1.29, 1.82) is 0 Å². The fourth-order valence-corrected chi connectivity index (χ4v) is 3.15. The maximum Gasteiger partial charge on any atom is 0.106 e. The molecule has 0 saturated carbocycles. The average Bonchev–Trinajstić information content (AvgIpc) is 3.19. The van der Waals surface area contributed by atoms with Crippen LogP contribution in [0.15, 0.2) is 30.5 Å². The van der Waals surface area contributed by atoms with E-state index >= 15 is 0 Å². The third kappa shape index (κ3) is 3.18. The number of nitrogens with zero attached hydrogens (tertiary/aromatic N) is 2. The van der Waals surface area contributed by atoms with Crippen LogP contribution in [0.5, 0.6) is 0 Å². The van der Waals surface area contributed by atoms with E-state index in [1.54, 1.807) is 0 Å². The molecule has 0 bridgehead atoms. The molecule has 1 unspecified atom stereocenters. The second-order valence-corrected chi connectivity index (χ2v) is 6.03. The predicted octanol–water partition coefficient (Wildman–Crippen LogP) is 4.19. The zero-order valence-electron chi connectivity index (χ0n) is 13.1. The van der Waals surface area contributed by atoms with Crippen LogP contribution in [0.1, 0.15) is 50.5 Å². The highest BCUT2D eigenvalue weighted by atomic mass is 15.2. The Bertz CT molecular complexity index is 564. The first-order valence-corrected chi connectivity index (χ1v) is 8.16. The molecule has 1 aliphatic rings. The molecule has 1 atom stereocenters. The molecular weight excluding hydrogens is 258 g/mol. The first-order chi connectivity index (χ1) is 10.3. The molecule has 1 saturated heterocycles. The van der Waals surface area contributed by atoms with E-state index in [1.165, 1.54) is 37.1 Å². The quantitative estimate of drug-likeness (QED) is 0.892. The molecule has 2 heterocycles. The Balaban J connectivity index is 1.73. The van der Waals surface area contributed by atoms with E-state index < -0.39 is 0 Å². The van der Waals surface area contributed by atoms with E-state index in [2.05, 4.69) is 53.0 Å². The Kier molecular flexibility index (Phi) is 4.39. The summed E-state index contributed by atoms with van der Waals surface area (Å²) in [4.78, 5) is 10.4. The number of hydrogen-bond acceptors (Lipinski definition) is 2. The lowest BCUT2D eigenvalue weighted by Crippen LogP contribution is -2.23. The highest BCUT2D eigenvalue weighted by molar-refractivity contribution is 5.59. The molecule has 3 rings (SSSR count). The number of benzene rings is 1. The number of likely N-dealkylation sites (tertiary alicyclic amines) is 1. The molecule has 1 aromatic heterocycles. The Morgan fingerprint density at radius 2 is 1.90 bits per heavy atom. The second-order valence-electron chi connectivity index (χ2n) is 6.03. The molecule has 0 radical (unpaired) electrons. The lowest BCUT2D eigenvalue weighted by molar-refractivity contribution is 0.263. The van der Waals surface area contributed by atoms with E-state index in [4.69, 9.17) is 0 Å². The Hall–Kier alpha value is -1.61. The SMILES string of the molecule is CCCc1ncc(-c2ccc(C(C)N3CCCC3)cc2)[nH]1. The van der Waals surface area contributed by atoms with Crippen LogP contribution in [0.4, 0.5) is 0 Å². The number of nitrogens with one attached hydrogen (secondary N) is 1. The first kappa shape index (κ1) is 14.3. The second kappa shape index (κ2) is 6.44. The van der Waals surface area contributed by atoms with Gasteiger partial charge in [-0.2, -0.15) is 0 Å². The molecule has 1 N–H and O–H groups in total. The predicted molar refractivity (Wildman–Crippen MR) is 87.2 cm³/mol. The summed E-state index contributed by atoms with van der Waals surface area (Å²) in [6, 6.07) is 9.48. The molecule has 2 aromatic rings. The van der Waals surface area contributed by atoms with Crippen LogP contribution in [0.2, 0.25) is 0 Å². The van der Waals surface area contributed by atoms with Gasteiger partial charge in [0.25, 0.3) is 0 Å². The van der Waals surface area contributed by atoms with Crippen molar-refractivity contribution in [2.24, 2.45) is 0 Å². The minimum Gasteiger partial charge on any atom is -0.342 e. The number of hydrogen-bond donors (Lipinski definition) is 1. The normalized spacial score (nSPS) is 17.2. The Morgan fingerprint density at radius 3 is 2.57 bits per heavy atom. The molecule has 1 fully saturated rings. The van der Waals surface area contributed by atoms with Gasteiger partial charge in [0, 0.05) is 12.5 Å². The summed E-state index contributed by atoms with van der Waals surface area (Å²) in [5, 5.41) is 0. The summed E-state index contributed by atoms with van der Waals surface area (Å²) in [5.41, 5.74) is 3.76. The minimum atomic E-state index is 0.527. The van der Waals surface area contributed by atoms with E-state index in [1.807, 2.05) is 6.20 Å². The van der Waals surface area contributed by atoms with Crippen molar-refractivity contribution in [2.75, 3.05) is 13.1 Å². The average molecular weight is 283 g/mol. The van der Waals surface area contributed by atoms with E-state index in [0.29, 0.717) is 6.04 Å². The molecule has 0 amide bonds. The minimum absolute atomic E-state index is 0.527. The van der Waals surface area contributed by atoms with Crippen molar-refractivity contribution >= 4 is 0 Å². The number of H-pyrrole nitrogens is 1. The van der Waals surface area contributed by atoms with E-state index in [0.717, 1.165) is 24.4 Å². The lowest BCUT2D eigenvalue weighted by atomic mass is 10.0. The summed E-state index contributed by atoms with van der Waals surface area (Å²) in [7, 11) is 0. The number of aromatic nitrogens is 2. The number of aromatic amines is 1. The van der Waals surface area contributed by atoms with Crippen LogP contribution in [-0.4, -0.2) is 28.0 Å². The van der Waals surface area contributed by atoms with Gasteiger partial charge in [-0.3, -0.25) is 4.90 Å². The van der Waals surface area contributed by atoms with Gasteiger partial charge in [0.05, 0.1) is 11.9 Å². The zero-order chi connectivity index (χ0) is 14.7. The summed E-state index contributed by atoms with van der Waals surface area (Å²) in [6.45, 7) is 6.97. The van der Waals surface area contributed by atoms with Crippen LogP contribution in [0.3, 0.4) is 0 Å². The van der Waals surface area contributed by atoms with Crippen molar-refractivity contribution in [2.45, 2.75) is 45.6 Å². The summed E-state index contributed by atoms with van der Waals surface area (Å²) >= 11 is 0. The molecule has 0 aliphatic carbocycles. The third-order valence-electron chi connectivity index (χ3n) is 4.51. The molecule has 1 aliphatic heterocycles. The molecule has 0 spiro atoms. The smallest absolute Gasteiger partial charge is 0.106 e. The van der Waals surface area contributed by atoms with Gasteiger partial charge >= 0.3 is 0 Å². The molecular formula is C18H25N3. The van der Waals surface area contributed by atoms with Crippen molar-refractivity contribution in [1.82, 2.24) is 14.9 Å². The van der Waals surface area contributed by atoms with Crippen molar-refractivity contribution < 1.29 is 0 Å². The van der Waals surface area contributed by atoms with Gasteiger partial charge in [-0.1, -0.05) is 31.2 Å². The topological polar surface area (TPSA) is 31.9 Å². The maximum absolute atomic E-state index is 4.44. The molecule has 3 nitrogen and oxygen atoms in total. The van der Waals surface area contributed by atoms with E-state index in [-0.39, 0.29) is 0 Å². The summed E-state index contributed by atoms with van der Waals surface area (Å²) in [5.74, 6) is 1.09. The van der Waals surface area contributed by atoms with Gasteiger partial charge in [0.2, 0.25) is 0 Å². The molecule has 3 heteroatoms. The monoisotopic (exact) mass is 283 g/mol. The summed E-state index contributed by atoms with van der Waals surface area (Å²) in [6.07, 6.45) is 6.78. The van der Waals surface area contributed by atoms with E-state index in [9.17, 15) is 0 Å². The Morgan fingerprint density at radius 1 is 1.19 bits per heavy atom. The first-order valence-electron chi connectivity index (χ1n) is 8.16. The van der Waals surface area contributed by atoms with Crippen molar-refractivity contribution in [3.8, 4) is 11.3 Å². The molecule has 1 aromatic carbocycles. The zero-order valence-corrected chi connectivity index (χ0v) is 13.1. The summed E-state index contributed by atoms with van der Waals surface area (Å²) < 4.78 is 0. The largest absolute Gasteiger partial charge is 0.342 e. The highest BCUT2D eigenvalue weighted by Gasteiger charge is 2.19. The Labute approximate surface area is 127 Å². The van der Waals surface area contributed by atoms with Gasteiger partial charge in [-0.25, -0.2) is 4.98 Å². The van der Waals surface area contributed by atoms with Crippen LogP contribution in [-0.2, 0) is 6.42 Å². The number of rotatable bonds is 5. The van der Waals surface area contributed by atoms with Gasteiger partial charge < -0.3 is 4.98 Å². The fourth-order valence-electron chi connectivity index (χ4n) is 3.15. The number of imidazole rings is 1. The van der Waals surface area contributed by atoms with Gasteiger partial charge in [0.1, 0.15) is 5.82 Å². The van der Waals surface area contributed by atoms with Crippen molar-refractivity contribution in [3.63, 3.8) is 0 Å². The van der Waals surface area contributed by atoms with Crippen molar-refractivity contribution in [3.05, 3.63) is 41.9 Å². The highest BCUT2D eigenvalue weighted by Crippen LogP contribution is 2.26. The molecule has 21 heavy (non-hydrogen) atoms. The molecule has 112 valence electrons. The lowest BCUT2D eigenvalue weighted by Gasteiger charge is -2.24.